The molecule has 4 nitrogen and oxygen atoms in total. The highest BCUT2D eigenvalue weighted by molar-refractivity contribution is 5.76. The maximum Gasteiger partial charge on any atom is 0.220 e. The van der Waals surface area contributed by atoms with Crippen molar-refractivity contribution in [2.75, 3.05) is 13.2 Å². The number of fused-ring (bicyclic) bond motifs is 1. The number of ether oxygens (including phenoxy) is 1. The summed E-state index contributed by atoms with van der Waals surface area (Å²) < 4.78 is 5.62. The van der Waals surface area contributed by atoms with Crippen molar-refractivity contribution in [3.8, 4) is 5.75 Å². The fourth-order valence-corrected chi connectivity index (χ4v) is 3.07. The summed E-state index contributed by atoms with van der Waals surface area (Å²) in [5.41, 5.74) is 1.10. The number of nitrogens with one attached hydrogen (secondary N) is 2. The Morgan fingerprint density at radius 3 is 3.10 bits per heavy atom. The van der Waals surface area contributed by atoms with Gasteiger partial charge in [0.25, 0.3) is 0 Å². The van der Waals surface area contributed by atoms with Crippen molar-refractivity contribution < 1.29 is 9.53 Å². The van der Waals surface area contributed by atoms with Gasteiger partial charge in [0.15, 0.2) is 0 Å². The molecule has 0 aliphatic carbocycles. The zero-order chi connectivity index (χ0) is 13.8. The molecule has 2 heterocycles. The molecule has 0 saturated carbocycles. The number of amides is 1. The number of hydrogen-bond donors (Lipinski definition) is 2. The molecule has 0 aromatic heterocycles. The molecule has 0 bridgehead atoms. The van der Waals surface area contributed by atoms with Crippen LogP contribution < -0.4 is 15.4 Å². The third-order valence-corrected chi connectivity index (χ3v) is 4.18. The summed E-state index contributed by atoms with van der Waals surface area (Å²) in [6.45, 7) is 1.77. The first-order valence-electron chi connectivity index (χ1n) is 7.57. The van der Waals surface area contributed by atoms with Crippen LogP contribution in [-0.2, 0) is 4.79 Å². The van der Waals surface area contributed by atoms with Crippen LogP contribution in [0.2, 0.25) is 0 Å². The third-order valence-electron chi connectivity index (χ3n) is 4.18. The van der Waals surface area contributed by atoms with Crippen LogP contribution in [0.25, 0.3) is 0 Å². The molecule has 2 aliphatic heterocycles. The lowest BCUT2D eigenvalue weighted by Crippen LogP contribution is -2.33. The Labute approximate surface area is 119 Å². The molecule has 2 N–H and O–H groups in total. The van der Waals surface area contributed by atoms with Crippen molar-refractivity contribution in [1.82, 2.24) is 10.6 Å². The Morgan fingerprint density at radius 1 is 1.35 bits per heavy atom. The SMILES string of the molecule is O=C(CCC1CCCN1)NC1CCOc2ccccc21. The van der Waals surface area contributed by atoms with Crippen LogP contribution in [0.1, 0.15) is 43.7 Å². The standard InChI is InChI=1S/C16H22N2O2/c19-16(8-7-12-4-3-10-17-12)18-14-9-11-20-15-6-2-1-5-13(14)15/h1-2,5-6,12,14,17H,3-4,7-11H2,(H,18,19). The van der Waals surface area contributed by atoms with Gasteiger partial charge in [0.1, 0.15) is 5.75 Å². The predicted octanol–water partition coefficient (Wildman–Crippen LogP) is 2.16. The lowest BCUT2D eigenvalue weighted by atomic mass is 10.00. The van der Waals surface area contributed by atoms with Crippen LogP contribution in [-0.4, -0.2) is 25.1 Å². The highest BCUT2D eigenvalue weighted by Gasteiger charge is 2.23. The van der Waals surface area contributed by atoms with E-state index < -0.39 is 0 Å². The molecular formula is C16H22N2O2. The minimum atomic E-state index is 0.101. The van der Waals surface area contributed by atoms with Gasteiger partial charge in [0.2, 0.25) is 5.91 Å². The Kier molecular flexibility index (Phi) is 4.21. The Bertz CT molecular complexity index is 469. The number of carbonyl (C=O) groups excluding carboxylic acids is 1. The molecular weight excluding hydrogens is 252 g/mol. The van der Waals surface area contributed by atoms with E-state index in [1.807, 2.05) is 24.3 Å². The van der Waals surface area contributed by atoms with E-state index >= 15 is 0 Å². The molecule has 0 radical (unpaired) electrons. The third kappa shape index (κ3) is 3.12. The number of carbonyl (C=O) groups is 1. The first kappa shape index (κ1) is 13.4. The van der Waals surface area contributed by atoms with Gasteiger partial charge in [-0.1, -0.05) is 18.2 Å². The molecule has 108 valence electrons. The van der Waals surface area contributed by atoms with Gasteiger partial charge in [-0.3, -0.25) is 4.79 Å². The van der Waals surface area contributed by atoms with Crippen LogP contribution in [0.3, 0.4) is 0 Å². The minimum absolute atomic E-state index is 0.101. The van der Waals surface area contributed by atoms with Gasteiger partial charge < -0.3 is 15.4 Å². The van der Waals surface area contributed by atoms with Gasteiger partial charge in [-0.05, 0) is 31.9 Å². The number of rotatable bonds is 4. The molecule has 1 saturated heterocycles. The Morgan fingerprint density at radius 2 is 2.25 bits per heavy atom. The average Bonchev–Trinajstić information content (AvgIpc) is 2.99. The second kappa shape index (κ2) is 6.27. The second-order valence-corrected chi connectivity index (χ2v) is 5.63. The number of para-hydroxylation sites is 1. The van der Waals surface area contributed by atoms with Crippen molar-refractivity contribution in [3.05, 3.63) is 29.8 Å². The molecule has 2 atom stereocenters. The summed E-state index contributed by atoms with van der Waals surface area (Å²) in [4.78, 5) is 12.1. The van der Waals surface area contributed by atoms with Crippen LogP contribution in [0.4, 0.5) is 0 Å². The Hall–Kier alpha value is -1.55. The molecule has 1 fully saturated rings. The summed E-state index contributed by atoms with van der Waals surface area (Å²) in [5.74, 6) is 1.06. The van der Waals surface area contributed by atoms with Crippen molar-refractivity contribution in [3.63, 3.8) is 0 Å². The predicted molar refractivity (Wildman–Crippen MR) is 77.7 cm³/mol. The molecule has 2 unspecified atom stereocenters. The fraction of sp³-hybridized carbons (Fsp3) is 0.562. The zero-order valence-corrected chi connectivity index (χ0v) is 11.7. The number of benzene rings is 1. The highest BCUT2D eigenvalue weighted by Crippen LogP contribution is 2.31. The van der Waals surface area contributed by atoms with E-state index in [1.165, 1.54) is 12.8 Å². The topological polar surface area (TPSA) is 50.4 Å². The van der Waals surface area contributed by atoms with E-state index in [4.69, 9.17) is 4.74 Å². The van der Waals surface area contributed by atoms with Crippen molar-refractivity contribution in [2.24, 2.45) is 0 Å². The van der Waals surface area contributed by atoms with E-state index in [0.717, 1.165) is 30.7 Å². The molecule has 3 rings (SSSR count). The maximum absolute atomic E-state index is 12.1. The molecule has 4 heteroatoms. The van der Waals surface area contributed by atoms with Crippen LogP contribution in [0, 0.1) is 0 Å². The normalized spacial score (nSPS) is 24.8. The second-order valence-electron chi connectivity index (χ2n) is 5.63. The molecule has 20 heavy (non-hydrogen) atoms. The molecule has 1 aromatic carbocycles. The summed E-state index contributed by atoms with van der Waals surface area (Å²) in [6.07, 6.45) is 4.84. The quantitative estimate of drug-likeness (QED) is 0.884. The monoisotopic (exact) mass is 274 g/mol. The maximum atomic E-state index is 12.1. The van der Waals surface area contributed by atoms with Gasteiger partial charge in [-0.2, -0.15) is 0 Å². The molecule has 1 amide bonds. The van der Waals surface area contributed by atoms with Gasteiger partial charge in [-0.25, -0.2) is 0 Å². The van der Waals surface area contributed by atoms with E-state index in [2.05, 4.69) is 10.6 Å². The lowest BCUT2D eigenvalue weighted by Gasteiger charge is -2.26. The van der Waals surface area contributed by atoms with Crippen LogP contribution in [0.5, 0.6) is 5.75 Å². The summed E-state index contributed by atoms with van der Waals surface area (Å²) in [5, 5.41) is 6.58. The zero-order valence-electron chi connectivity index (χ0n) is 11.7. The van der Waals surface area contributed by atoms with E-state index in [9.17, 15) is 4.79 Å². The van der Waals surface area contributed by atoms with Gasteiger partial charge >= 0.3 is 0 Å². The van der Waals surface area contributed by atoms with Crippen LogP contribution >= 0.6 is 0 Å². The highest BCUT2D eigenvalue weighted by atomic mass is 16.5. The van der Waals surface area contributed by atoms with Crippen molar-refractivity contribution in [2.45, 2.75) is 44.2 Å². The van der Waals surface area contributed by atoms with Crippen molar-refractivity contribution in [1.29, 1.82) is 0 Å². The number of hydrogen-bond acceptors (Lipinski definition) is 3. The summed E-state index contributed by atoms with van der Waals surface area (Å²) in [7, 11) is 0. The minimum Gasteiger partial charge on any atom is -0.493 e. The first-order valence-corrected chi connectivity index (χ1v) is 7.57. The lowest BCUT2D eigenvalue weighted by molar-refractivity contribution is -0.122. The van der Waals surface area contributed by atoms with Gasteiger partial charge in [0, 0.05) is 24.4 Å². The fourth-order valence-electron chi connectivity index (χ4n) is 3.07. The van der Waals surface area contributed by atoms with Crippen LogP contribution in [0.15, 0.2) is 24.3 Å². The first-order chi connectivity index (χ1) is 9.83. The largest absolute Gasteiger partial charge is 0.493 e. The van der Waals surface area contributed by atoms with Gasteiger partial charge in [-0.15, -0.1) is 0 Å². The van der Waals surface area contributed by atoms with Crippen molar-refractivity contribution >= 4 is 5.91 Å². The van der Waals surface area contributed by atoms with E-state index in [-0.39, 0.29) is 11.9 Å². The van der Waals surface area contributed by atoms with E-state index in [0.29, 0.717) is 19.1 Å². The average molecular weight is 274 g/mol. The summed E-state index contributed by atoms with van der Waals surface area (Å²) in [6, 6.07) is 8.60. The Balaban J connectivity index is 1.54. The summed E-state index contributed by atoms with van der Waals surface area (Å²) >= 11 is 0. The van der Waals surface area contributed by atoms with E-state index in [1.54, 1.807) is 0 Å². The molecule has 1 aromatic rings. The smallest absolute Gasteiger partial charge is 0.220 e. The molecule has 2 aliphatic rings. The van der Waals surface area contributed by atoms with Gasteiger partial charge in [0.05, 0.1) is 12.6 Å². The molecule has 0 spiro atoms.